The molecule has 116 valence electrons. The van der Waals surface area contributed by atoms with Crippen LogP contribution in [0.4, 0.5) is 0 Å². The van der Waals surface area contributed by atoms with Crippen LogP contribution in [0.15, 0.2) is 36.0 Å². The van der Waals surface area contributed by atoms with Gasteiger partial charge in [0.1, 0.15) is 6.61 Å². The lowest BCUT2D eigenvalue weighted by molar-refractivity contribution is -0.125. The number of carbonyl (C=O) groups excluding carboxylic acids is 2. The van der Waals surface area contributed by atoms with Gasteiger partial charge >= 0.3 is 0 Å². The molecule has 2 fully saturated rings. The van der Waals surface area contributed by atoms with Gasteiger partial charge in [-0.05, 0) is 23.6 Å². The van der Waals surface area contributed by atoms with E-state index in [1.807, 2.05) is 12.1 Å². The van der Waals surface area contributed by atoms with E-state index in [1.54, 1.807) is 12.1 Å². The van der Waals surface area contributed by atoms with Crippen LogP contribution in [0.2, 0.25) is 5.02 Å². The average molecular weight is 322 g/mol. The molecule has 1 aliphatic carbocycles. The van der Waals surface area contributed by atoms with Gasteiger partial charge in [0.15, 0.2) is 11.6 Å². The summed E-state index contributed by atoms with van der Waals surface area (Å²) in [5.41, 5.74) is 1.09. The second-order valence-corrected chi connectivity index (χ2v) is 6.03. The van der Waals surface area contributed by atoms with Crippen LogP contribution in [-0.2, 0) is 14.4 Å². The summed E-state index contributed by atoms with van der Waals surface area (Å²) in [5, 5.41) is 11.4. The number of aliphatic hydroxyl groups excluding tert-OH is 1. The van der Waals surface area contributed by atoms with Crippen LogP contribution >= 0.6 is 11.6 Å². The summed E-state index contributed by atoms with van der Waals surface area (Å²) in [6.45, 7) is 0.449. The second-order valence-electron chi connectivity index (χ2n) is 5.60. The van der Waals surface area contributed by atoms with Crippen molar-refractivity contribution in [2.75, 3.05) is 13.2 Å². The number of hydrogen-bond donors (Lipinski definition) is 1. The molecule has 0 bridgehead atoms. The Bertz CT molecular complexity index is 606. The van der Waals surface area contributed by atoms with Gasteiger partial charge in [-0.15, -0.1) is 0 Å². The number of rotatable bonds is 2. The first-order valence-corrected chi connectivity index (χ1v) is 7.52. The highest BCUT2D eigenvalue weighted by Gasteiger charge is 2.32. The number of hydrogen-bond acceptors (Lipinski definition) is 5. The van der Waals surface area contributed by atoms with Crippen molar-refractivity contribution in [3.63, 3.8) is 0 Å². The van der Waals surface area contributed by atoms with Crippen molar-refractivity contribution >= 4 is 23.2 Å². The van der Waals surface area contributed by atoms with Crippen molar-refractivity contribution in [2.24, 2.45) is 0 Å². The number of hydroxylamine groups is 2. The van der Waals surface area contributed by atoms with Gasteiger partial charge in [0, 0.05) is 24.1 Å². The van der Waals surface area contributed by atoms with E-state index in [4.69, 9.17) is 16.4 Å². The van der Waals surface area contributed by atoms with E-state index in [-0.39, 0.29) is 49.1 Å². The van der Waals surface area contributed by atoms with Gasteiger partial charge in [-0.1, -0.05) is 23.7 Å². The van der Waals surface area contributed by atoms with Crippen LogP contribution in [0, 0.1) is 0 Å². The Hall–Kier alpha value is -1.69. The summed E-state index contributed by atoms with van der Waals surface area (Å²) >= 11 is 5.86. The lowest BCUT2D eigenvalue weighted by atomic mass is 9.80. The van der Waals surface area contributed by atoms with Crippen molar-refractivity contribution in [3.05, 3.63) is 46.6 Å². The van der Waals surface area contributed by atoms with E-state index < -0.39 is 6.10 Å². The molecule has 0 radical (unpaired) electrons. The van der Waals surface area contributed by atoms with Crippen LogP contribution < -0.4 is 0 Å². The zero-order valence-electron chi connectivity index (χ0n) is 11.9. The molecule has 22 heavy (non-hydrogen) atoms. The Morgan fingerprint density at radius 2 is 1.82 bits per heavy atom. The highest BCUT2D eigenvalue weighted by molar-refractivity contribution is 6.30. The van der Waals surface area contributed by atoms with Crippen molar-refractivity contribution in [2.45, 2.75) is 24.9 Å². The SMILES string of the molecule is O=C1CC(c2ccc(Cl)cc2)CC(=O)C1=CN1CC(O)CO1. The fourth-order valence-corrected chi connectivity index (χ4v) is 2.86. The summed E-state index contributed by atoms with van der Waals surface area (Å²) in [7, 11) is 0. The third-order valence-electron chi connectivity index (χ3n) is 3.90. The summed E-state index contributed by atoms with van der Waals surface area (Å²) < 4.78 is 0. The van der Waals surface area contributed by atoms with Crippen LogP contribution in [0.1, 0.15) is 24.3 Å². The molecular formula is C16H16ClNO4. The third kappa shape index (κ3) is 3.21. The summed E-state index contributed by atoms with van der Waals surface area (Å²) in [4.78, 5) is 29.7. The fourth-order valence-electron chi connectivity index (χ4n) is 2.74. The Kier molecular flexibility index (Phi) is 4.29. The van der Waals surface area contributed by atoms with Gasteiger partial charge < -0.3 is 5.11 Å². The number of Topliss-reactive ketones (excluding diaryl/α,β-unsaturated/α-hetero) is 2. The Labute approximate surface area is 133 Å². The molecule has 1 aromatic rings. The predicted octanol–water partition coefficient (Wildman–Crippen LogP) is 1.85. The minimum Gasteiger partial charge on any atom is -0.389 e. The van der Waals surface area contributed by atoms with Crippen molar-refractivity contribution in [1.29, 1.82) is 0 Å². The Balaban J connectivity index is 1.74. The molecule has 1 N–H and O–H groups in total. The smallest absolute Gasteiger partial charge is 0.168 e. The molecule has 0 spiro atoms. The monoisotopic (exact) mass is 321 g/mol. The number of allylic oxidation sites excluding steroid dienone is 1. The summed E-state index contributed by atoms with van der Waals surface area (Å²) in [6.07, 6.45) is 1.40. The maximum Gasteiger partial charge on any atom is 0.168 e. The number of nitrogens with zero attached hydrogens (tertiary/aromatic N) is 1. The van der Waals surface area contributed by atoms with Gasteiger partial charge in [-0.3, -0.25) is 19.5 Å². The number of benzene rings is 1. The first-order valence-electron chi connectivity index (χ1n) is 7.14. The molecule has 2 aliphatic rings. The van der Waals surface area contributed by atoms with Gasteiger partial charge in [-0.2, -0.15) is 0 Å². The predicted molar refractivity (Wildman–Crippen MR) is 80.2 cm³/mol. The molecule has 6 heteroatoms. The minimum absolute atomic E-state index is 0.112. The molecule has 1 unspecified atom stereocenters. The molecule has 1 aromatic carbocycles. The minimum atomic E-state index is -0.590. The third-order valence-corrected chi connectivity index (χ3v) is 4.15. The van der Waals surface area contributed by atoms with Crippen LogP contribution in [0.25, 0.3) is 0 Å². The van der Waals surface area contributed by atoms with Crippen LogP contribution in [0.5, 0.6) is 0 Å². The zero-order valence-corrected chi connectivity index (χ0v) is 12.6. The van der Waals surface area contributed by atoms with Crippen LogP contribution in [-0.4, -0.2) is 41.0 Å². The largest absolute Gasteiger partial charge is 0.389 e. The molecule has 1 saturated carbocycles. The first-order chi connectivity index (χ1) is 10.5. The fraction of sp³-hybridized carbons (Fsp3) is 0.375. The number of halogens is 1. The Morgan fingerprint density at radius 3 is 2.36 bits per heavy atom. The van der Waals surface area contributed by atoms with Gasteiger partial charge in [0.25, 0.3) is 0 Å². The molecule has 1 heterocycles. The van der Waals surface area contributed by atoms with Gasteiger partial charge in [0.2, 0.25) is 0 Å². The molecule has 1 aliphatic heterocycles. The van der Waals surface area contributed by atoms with E-state index in [1.165, 1.54) is 11.3 Å². The lowest BCUT2D eigenvalue weighted by Gasteiger charge is -2.23. The summed E-state index contributed by atoms with van der Waals surface area (Å²) in [5.74, 6) is -0.498. The molecule has 0 amide bonds. The van der Waals surface area contributed by atoms with Crippen molar-refractivity contribution < 1.29 is 19.5 Å². The number of β-amino-alcohol motifs (C(OH)–C–C–N with tert-alkyl or cyclic N) is 1. The van der Waals surface area contributed by atoms with E-state index in [0.717, 1.165) is 5.56 Å². The average Bonchev–Trinajstić information content (AvgIpc) is 2.89. The molecule has 0 aromatic heterocycles. The first kappa shape index (κ1) is 15.2. The summed E-state index contributed by atoms with van der Waals surface area (Å²) in [6, 6.07) is 7.22. The van der Waals surface area contributed by atoms with Crippen LogP contribution in [0.3, 0.4) is 0 Å². The van der Waals surface area contributed by atoms with Crippen molar-refractivity contribution in [1.82, 2.24) is 5.06 Å². The van der Waals surface area contributed by atoms with Gasteiger partial charge in [0.05, 0.1) is 18.2 Å². The maximum absolute atomic E-state index is 12.3. The van der Waals surface area contributed by atoms with E-state index >= 15 is 0 Å². The molecular weight excluding hydrogens is 306 g/mol. The van der Waals surface area contributed by atoms with E-state index in [2.05, 4.69) is 0 Å². The number of ketones is 2. The zero-order chi connectivity index (χ0) is 15.7. The maximum atomic E-state index is 12.3. The Morgan fingerprint density at radius 1 is 1.18 bits per heavy atom. The quantitative estimate of drug-likeness (QED) is 0.665. The van der Waals surface area contributed by atoms with E-state index in [9.17, 15) is 14.7 Å². The van der Waals surface area contributed by atoms with Crippen molar-refractivity contribution in [3.8, 4) is 0 Å². The second kappa shape index (κ2) is 6.20. The topological polar surface area (TPSA) is 66.8 Å². The molecule has 3 rings (SSSR count). The molecule has 5 nitrogen and oxygen atoms in total. The lowest BCUT2D eigenvalue weighted by Crippen LogP contribution is -2.27. The molecule has 1 atom stereocenters. The number of carbonyl (C=O) groups is 2. The van der Waals surface area contributed by atoms with E-state index in [0.29, 0.717) is 5.02 Å². The highest BCUT2D eigenvalue weighted by Crippen LogP contribution is 2.32. The molecule has 1 saturated heterocycles. The number of aliphatic hydroxyl groups is 1. The highest BCUT2D eigenvalue weighted by atomic mass is 35.5. The standard InChI is InChI=1S/C16H16ClNO4/c17-12-3-1-10(2-4-12)11-5-15(20)14(16(21)6-11)8-18-7-13(19)9-22-18/h1-4,8,11,13,19H,5-7,9H2. The normalized spacial score (nSPS) is 25.7. The van der Waals surface area contributed by atoms with Gasteiger partial charge in [-0.25, -0.2) is 0 Å².